The van der Waals surface area contributed by atoms with Gasteiger partial charge >= 0.3 is 0 Å². The molecule has 0 unspecified atom stereocenters. The lowest BCUT2D eigenvalue weighted by molar-refractivity contribution is 0.102. The van der Waals surface area contributed by atoms with Gasteiger partial charge in [-0.15, -0.1) is 0 Å². The second kappa shape index (κ2) is 4.31. The second-order valence-electron chi connectivity index (χ2n) is 4.65. The summed E-state index contributed by atoms with van der Waals surface area (Å²) in [4.78, 5) is 15.2. The fourth-order valence-electron chi connectivity index (χ4n) is 2.03. The molecule has 19 heavy (non-hydrogen) atoms. The Bertz CT molecular complexity index is 724. The molecule has 0 aliphatic carbocycles. The lowest BCUT2D eigenvalue weighted by Crippen LogP contribution is -2.13. The summed E-state index contributed by atoms with van der Waals surface area (Å²) < 4.78 is 5.23. The monoisotopic (exact) mass is 254 g/mol. The maximum atomic E-state index is 12.2. The van der Waals surface area contributed by atoms with Crippen molar-refractivity contribution in [2.75, 3.05) is 5.32 Å². The third-order valence-corrected chi connectivity index (χ3v) is 3.13. The van der Waals surface area contributed by atoms with E-state index >= 15 is 0 Å². The van der Waals surface area contributed by atoms with E-state index < -0.39 is 0 Å². The van der Waals surface area contributed by atoms with Crippen molar-refractivity contribution in [3.8, 4) is 0 Å². The Morgan fingerprint density at radius 2 is 2.05 bits per heavy atom. The van der Waals surface area contributed by atoms with Crippen molar-refractivity contribution in [2.24, 2.45) is 0 Å². The number of H-pyrrole nitrogens is 1. The zero-order valence-corrected chi connectivity index (χ0v) is 10.8. The summed E-state index contributed by atoms with van der Waals surface area (Å²) in [5.41, 5.74) is 4.99. The maximum absolute atomic E-state index is 12.2. The molecule has 2 heterocycles. The summed E-state index contributed by atoms with van der Waals surface area (Å²) in [5.74, 6) is -0.167. The number of hydrogen-bond acceptors (Lipinski definition) is 2. The predicted molar refractivity (Wildman–Crippen MR) is 74.4 cm³/mol. The number of aryl methyl sites for hydroxylation is 2. The zero-order valence-electron chi connectivity index (χ0n) is 10.8. The summed E-state index contributed by atoms with van der Waals surface area (Å²) in [7, 11) is 0. The molecule has 4 nitrogen and oxygen atoms in total. The highest BCUT2D eigenvalue weighted by atomic mass is 16.3. The van der Waals surface area contributed by atoms with Crippen molar-refractivity contribution >= 4 is 22.7 Å². The molecule has 4 heteroatoms. The Morgan fingerprint density at radius 3 is 2.84 bits per heavy atom. The molecule has 3 aromatic rings. The van der Waals surface area contributed by atoms with Crippen LogP contribution < -0.4 is 5.32 Å². The molecule has 0 saturated carbocycles. The number of aromatic amines is 1. The Labute approximate surface area is 110 Å². The summed E-state index contributed by atoms with van der Waals surface area (Å²) in [6.07, 6.45) is 1.59. The fraction of sp³-hybridized carbons (Fsp3) is 0.133. The van der Waals surface area contributed by atoms with E-state index in [1.807, 2.05) is 32.0 Å². The summed E-state index contributed by atoms with van der Waals surface area (Å²) in [5, 5.41) is 2.91. The van der Waals surface area contributed by atoms with E-state index in [1.165, 1.54) is 0 Å². The lowest BCUT2D eigenvalue weighted by atomic mass is 10.1. The van der Waals surface area contributed by atoms with Crippen LogP contribution in [0.4, 0.5) is 5.69 Å². The van der Waals surface area contributed by atoms with Gasteiger partial charge < -0.3 is 14.7 Å². The highest BCUT2D eigenvalue weighted by Gasteiger charge is 2.12. The molecule has 96 valence electrons. The molecule has 0 bridgehead atoms. The summed E-state index contributed by atoms with van der Waals surface area (Å²) in [6.45, 7) is 3.96. The van der Waals surface area contributed by atoms with E-state index in [2.05, 4.69) is 10.3 Å². The highest BCUT2D eigenvalue weighted by Crippen LogP contribution is 2.20. The average molecular weight is 254 g/mol. The third-order valence-electron chi connectivity index (χ3n) is 3.13. The van der Waals surface area contributed by atoms with Crippen LogP contribution in [0.3, 0.4) is 0 Å². The van der Waals surface area contributed by atoms with Gasteiger partial charge in [0.2, 0.25) is 0 Å². The number of benzene rings is 1. The van der Waals surface area contributed by atoms with Gasteiger partial charge in [-0.1, -0.05) is 12.1 Å². The highest BCUT2D eigenvalue weighted by molar-refractivity contribution is 6.05. The number of fused-ring (bicyclic) bond motifs is 1. The molecule has 0 saturated heterocycles. The van der Waals surface area contributed by atoms with Gasteiger partial charge in [-0.25, -0.2) is 0 Å². The predicted octanol–water partition coefficient (Wildman–Crippen LogP) is 3.63. The van der Waals surface area contributed by atoms with Gasteiger partial charge in [0.25, 0.3) is 5.91 Å². The second-order valence-corrected chi connectivity index (χ2v) is 4.65. The van der Waals surface area contributed by atoms with E-state index in [0.717, 1.165) is 22.3 Å². The standard InChI is InChI=1S/C15H14N2O2/c1-9-3-4-10(2)12(7-9)17-15(18)13-8-14-11(16-13)5-6-19-14/h3-8,16H,1-2H3,(H,17,18). The largest absolute Gasteiger partial charge is 0.463 e. The number of carbonyl (C=O) groups is 1. The maximum Gasteiger partial charge on any atom is 0.272 e. The molecule has 0 spiro atoms. The van der Waals surface area contributed by atoms with Crippen molar-refractivity contribution < 1.29 is 9.21 Å². The molecule has 3 rings (SSSR count). The number of hydrogen-bond donors (Lipinski definition) is 2. The number of amides is 1. The van der Waals surface area contributed by atoms with Gasteiger partial charge in [-0.05, 0) is 31.0 Å². The van der Waals surface area contributed by atoms with Crippen LogP contribution >= 0.6 is 0 Å². The zero-order chi connectivity index (χ0) is 13.4. The van der Waals surface area contributed by atoms with E-state index in [1.54, 1.807) is 18.4 Å². The van der Waals surface area contributed by atoms with E-state index in [4.69, 9.17) is 4.42 Å². The van der Waals surface area contributed by atoms with E-state index in [9.17, 15) is 4.79 Å². The molecule has 2 aromatic heterocycles. The smallest absolute Gasteiger partial charge is 0.272 e. The van der Waals surface area contributed by atoms with Crippen LogP contribution in [-0.2, 0) is 0 Å². The number of rotatable bonds is 2. The van der Waals surface area contributed by atoms with Crippen LogP contribution in [0.1, 0.15) is 21.6 Å². The first-order valence-corrected chi connectivity index (χ1v) is 6.08. The van der Waals surface area contributed by atoms with Gasteiger partial charge in [0, 0.05) is 17.8 Å². The quantitative estimate of drug-likeness (QED) is 0.733. The Kier molecular flexibility index (Phi) is 2.63. The van der Waals surface area contributed by atoms with Crippen LogP contribution in [0.25, 0.3) is 11.1 Å². The van der Waals surface area contributed by atoms with Crippen LogP contribution in [0, 0.1) is 13.8 Å². The van der Waals surface area contributed by atoms with Gasteiger partial charge in [0.15, 0.2) is 5.58 Å². The van der Waals surface area contributed by atoms with Gasteiger partial charge in [0.05, 0.1) is 11.8 Å². The number of furan rings is 1. The number of aromatic nitrogens is 1. The third kappa shape index (κ3) is 2.12. The van der Waals surface area contributed by atoms with Crippen LogP contribution in [0.15, 0.2) is 41.0 Å². The fourth-order valence-corrected chi connectivity index (χ4v) is 2.03. The molecule has 0 aliphatic heterocycles. The van der Waals surface area contributed by atoms with Crippen LogP contribution in [0.5, 0.6) is 0 Å². The lowest BCUT2D eigenvalue weighted by Gasteiger charge is -2.08. The summed E-state index contributed by atoms with van der Waals surface area (Å²) in [6, 6.07) is 9.47. The normalized spacial score (nSPS) is 10.8. The van der Waals surface area contributed by atoms with Crippen LogP contribution in [0.2, 0.25) is 0 Å². The molecule has 0 atom stereocenters. The first-order valence-electron chi connectivity index (χ1n) is 6.08. The number of nitrogens with one attached hydrogen (secondary N) is 2. The Morgan fingerprint density at radius 1 is 1.21 bits per heavy atom. The van der Waals surface area contributed by atoms with E-state index in [0.29, 0.717) is 11.3 Å². The SMILES string of the molecule is Cc1ccc(C)c(NC(=O)c2cc3occc3[nH]2)c1. The Hall–Kier alpha value is -2.49. The average Bonchev–Trinajstić information content (AvgIpc) is 2.94. The topological polar surface area (TPSA) is 58.0 Å². The van der Waals surface area contributed by atoms with Gasteiger partial charge in [-0.2, -0.15) is 0 Å². The van der Waals surface area contributed by atoms with Crippen molar-refractivity contribution in [2.45, 2.75) is 13.8 Å². The molecular formula is C15H14N2O2. The molecule has 1 aromatic carbocycles. The van der Waals surface area contributed by atoms with Crippen molar-refractivity contribution in [3.05, 3.63) is 53.4 Å². The molecule has 0 aliphatic rings. The minimum absolute atomic E-state index is 0.167. The minimum Gasteiger partial charge on any atom is -0.463 e. The van der Waals surface area contributed by atoms with Crippen molar-refractivity contribution in [1.82, 2.24) is 4.98 Å². The molecular weight excluding hydrogens is 240 g/mol. The molecule has 1 amide bonds. The van der Waals surface area contributed by atoms with E-state index in [-0.39, 0.29) is 5.91 Å². The first-order chi connectivity index (χ1) is 9.13. The van der Waals surface area contributed by atoms with Crippen molar-refractivity contribution in [3.63, 3.8) is 0 Å². The van der Waals surface area contributed by atoms with Crippen molar-refractivity contribution in [1.29, 1.82) is 0 Å². The summed E-state index contributed by atoms with van der Waals surface area (Å²) >= 11 is 0. The van der Waals surface area contributed by atoms with Crippen LogP contribution in [-0.4, -0.2) is 10.9 Å². The number of carbonyl (C=O) groups excluding carboxylic acids is 1. The van der Waals surface area contributed by atoms with Gasteiger partial charge in [-0.3, -0.25) is 4.79 Å². The minimum atomic E-state index is -0.167. The molecule has 0 fully saturated rings. The molecule has 2 N–H and O–H groups in total. The molecule has 0 radical (unpaired) electrons. The van der Waals surface area contributed by atoms with Gasteiger partial charge in [0.1, 0.15) is 5.69 Å². The number of anilines is 1. The first kappa shape index (κ1) is 11.6. The Balaban J connectivity index is 1.88.